The normalized spacial score (nSPS) is 19.7. The maximum Gasteiger partial charge on any atom is 0.238 e. The number of hydrogen-bond acceptors (Lipinski definition) is 4. The van der Waals surface area contributed by atoms with E-state index in [-0.39, 0.29) is 5.96 Å². The van der Waals surface area contributed by atoms with E-state index in [4.69, 9.17) is 17.3 Å². The summed E-state index contributed by atoms with van der Waals surface area (Å²) < 4.78 is 0. The largest absolute Gasteiger partial charge is 0.367 e. The maximum atomic E-state index is 6.13. The summed E-state index contributed by atoms with van der Waals surface area (Å²) in [6.07, 6.45) is 17.8. The van der Waals surface area contributed by atoms with Crippen LogP contribution in [0.5, 0.6) is 0 Å². The number of unbranched alkanes of at least 4 members (excludes halogenated alkanes) is 3. The average molecular weight is 395 g/mol. The summed E-state index contributed by atoms with van der Waals surface area (Å²) >= 11 is 6.13. The van der Waals surface area contributed by atoms with E-state index in [9.17, 15) is 0 Å². The molecule has 154 valence electrons. The number of rotatable bonds is 8. The minimum Gasteiger partial charge on any atom is -0.367 e. The molecule has 1 saturated carbocycles. The Bertz CT molecular complexity index is 517. The van der Waals surface area contributed by atoms with Crippen molar-refractivity contribution in [3.8, 4) is 0 Å². The molecular weight excluding hydrogens is 356 g/mol. The fraction of sp³-hybridized carbons (Fsp3) is 0.727. The zero-order valence-electron chi connectivity index (χ0n) is 17.6. The summed E-state index contributed by atoms with van der Waals surface area (Å²) in [4.78, 5) is 4.01. The lowest BCUT2D eigenvalue weighted by molar-refractivity contribution is 0.365. The van der Waals surface area contributed by atoms with Gasteiger partial charge in [-0.1, -0.05) is 96.2 Å². The summed E-state index contributed by atoms with van der Waals surface area (Å²) in [6, 6.07) is 0. The fourth-order valence-corrected chi connectivity index (χ4v) is 3.60. The Hall–Kier alpha value is -1.29. The van der Waals surface area contributed by atoms with Crippen molar-refractivity contribution in [3.63, 3.8) is 0 Å². The molecule has 2 aliphatic rings. The Kier molecular flexibility index (Phi) is 12.2. The van der Waals surface area contributed by atoms with Gasteiger partial charge in [-0.2, -0.15) is 0 Å². The number of aliphatic imine (C=N–C) groups is 1. The lowest BCUT2D eigenvalue weighted by Crippen LogP contribution is -2.29. The number of hydrazone groups is 1. The van der Waals surface area contributed by atoms with Gasteiger partial charge in [0.2, 0.25) is 5.96 Å². The molecule has 1 fully saturated rings. The molecule has 0 aromatic heterocycles. The molecule has 4 nitrogen and oxygen atoms in total. The SMILES string of the molecule is C1CCCCC1.C=C(C(CC)CCCCCC)N1N=C(N)N=C/C1=C(/C)Cl. The summed E-state index contributed by atoms with van der Waals surface area (Å²) in [6.45, 7) is 10.4. The molecule has 0 radical (unpaired) electrons. The van der Waals surface area contributed by atoms with Gasteiger partial charge < -0.3 is 5.73 Å². The third-order valence-corrected chi connectivity index (χ3v) is 5.44. The second-order valence-corrected chi connectivity index (χ2v) is 8.08. The topological polar surface area (TPSA) is 54.0 Å². The molecule has 0 bridgehead atoms. The van der Waals surface area contributed by atoms with Crippen LogP contribution in [0.3, 0.4) is 0 Å². The van der Waals surface area contributed by atoms with Gasteiger partial charge in [-0.3, -0.25) is 0 Å². The number of nitrogens with two attached hydrogens (primary N) is 1. The number of hydrogen-bond donors (Lipinski definition) is 1. The predicted molar refractivity (Wildman–Crippen MR) is 120 cm³/mol. The maximum absolute atomic E-state index is 6.13. The van der Waals surface area contributed by atoms with Crippen molar-refractivity contribution in [2.45, 2.75) is 97.8 Å². The molecule has 2 rings (SSSR count). The molecule has 1 aliphatic heterocycles. The number of nitrogens with zero attached hydrogens (tertiary/aromatic N) is 3. The molecule has 1 unspecified atom stereocenters. The minimum absolute atomic E-state index is 0.235. The number of allylic oxidation sites excluding steroid dienone is 3. The Morgan fingerprint density at radius 3 is 2.22 bits per heavy atom. The van der Waals surface area contributed by atoms with E-state index in [1.165, 1.54) is 64.2 Å². The second kappa shape index (κ2) is 13.8. The third-order valence-electron chi connectivity index (χ3n) is 5.24. The van der Waals surface area contributed by atoms with Gasteiger partial charge in [0.25, 0.3) is 0 Å². The van der Waals surface area contributed by atoms with Crippen LogP contribution < -0.4 is 5.73 Å². The van der Waals surface area contributed by atoms with Crippen molar-refractivity contribution in [1.29, 1.82) is 0 Å². The van der Waals surface area contributed by atoms with E-state index in [0.717, 1.165) is 24.2 Å². The van der Waals surface area contributed by atoms with Crippen LogP contribution >= 0.6 is 11.6 Å². The quantitative estimate of drug-likeness (QED) is 0.454. The van der Waals surface area contributed by atoms with E-state index >= 15 is 0 Å². The summed E-state index contributed by atoms with van der Waals surface area (Å²) in [5.74, 6) is 0.620. The molecule has 0 aromatic rings. The fourth-order valence-electron chi connectivity index (χ4n) is 3.48. The van der Waals surface area contributed by atoms with Crippen LogP contribution in [0.15, 0.2) is 33.1 Å². The minimum atomic E-state index is 0.235. The molecular formula is C22H39ClN4. The molecule has 27 heavy (non-hydrogen) atoms. The second-order valence-electron chi connectivity index (χ2n) is 7.51. The lowest BCUT2D eigenvalue weighted by Gasteiger charge is -2.29. The van der Waals surface area contributed by atoms with Crippen LogP contribution in [0, 0.1) is 5.92 Å². The first-order valence-electron chi connectivity index (χ1n) is 10.7. The van der Waals surface area contributed by atoms with Crippen LogP contribution in [0.2, 0.25) is 0 Å². The van der Waals surface area contributed by atoms with E-state index in [0.29, 0.717) is 11.0 Å². The van der Waals surface area contributed by atoms with Gasteiger partial charge in [-0.25, -0.2) is 10.0 Å². The monoisotopic (exact) mass is 394 g/mol. The van der Waals surface area contributed by atoms with Gasteiger partial charge in [0.1, 0.15) is 0 Å². The van der Waals surface area contributed by atoms with Gasteiger partial charge >= 0.3 is 0 Å². The smallest absolute Gasteiger partial charge is 0.238 e. The van der Waals surface area contributed by atoms with Crippen molar-refractivity contribution in [1.82, 2.24) is 5.01 Å². The predicted octanol–water partition coefficient (Wildman–Crippen LogP) is 6.92. The average Bonchev–Trinajstić information content (AvgIpc) is 2.69. The first kappa shape index (κ1) is 23.7. The summed E-state index contributed by atoms with van der Waals surface area (Å²) in [5.41, 5.74) is 7.41. The molecule has 1 heterocycles. The van der Waals surface area contributed by atoms with Crippen molar-refractivity contribution in [2.24, 2.45) is 21.7 Å². The Morgan fingerprint density at radius 1 is 1.15 bits per heavy atom. The van der Waals surface area contributed by atoms with Crippen LogP contribution in [0.1, 0.15) is 97.8 Å². The molecule has 0 spiro atoms. The first-order chi connectivity index (χ1) is 13.0. The van der Waals surface area contributed by atoms with Crippen LogP contribution in [-0.4, -0.2) is 17.2 Å². The molecule has 0 aromatic carbocycles. The molecule has 0 saturated heterocycles. The zero-order valence-corrected chi connectivity index (χ0v) is 18.4. The van der Waals surface area contributed by atoms with Gasteiger partial charge in [0.15, 0.2) is 0 Å². The number of halogens is 1. The molecule has 1 atom stereocenters. The van der Waals surface area contributed by atoms with Crippen molar-refractivity contribution in [2.75, 3.05) is 0 Å². The first-order valence-corrected chi connectivity index (χ1v) is 11.1. The van der Waals surface area contributed by atoms with Crippen LogP contribution in [-0.2, 0) is 0 Å². The number of guanidine groups is 1. The van der Waals surface area contributed by atoms with Crippen LogP contribution in [0.4, 0.5) is 0 Å². The lowest BCUT2D eigenvalue weighted by atomic mass is 9.95. The summed E-state index contributed by atoms with van der Waals surface area (Å²) in [7, 11) is 0. The highest BCUT2D eigenvalue weighted by atomic mass is 35.5. The van der Waals surface area contributed by atoms with Gasteiger partial charge in [0, 0.05) is 16.6 Å². The standard InChI is InChI=1S/C16H27ClN4.C6H12/c1-5-7-8-9-10-14(6-2)13(4)21-15(12(3)17)11-19-16(18)20-21;1-2-4-6-5-3-1/h11,14H,4-10H2,1-3H3,(H2,18,20);1-6H2/b15-12+;. The molecule has 0 amide bonds. The van der Waals surface area contributed by atoms with Crippen molar-refractivity contribution >= 4 is 23.8 Å². The van der Waals surface area contributed by atoms with E-state index in [1.807, 2.05) is 6.92 Å². The zero-order chi connectivity index (χ0) is 20.1. The Morgan fingerprint density at radius 2 is 1.74 bits per heavy atom. The van der Waals surface area contributed by atoms with E-state index in [2.05, 4.69) is 30.5 Å². The molecule has 2 N–H and O–H groups in total. The van der Waals surface area contributed by atoms with Crippen LogP contribution in [0.25, 0.3) is 0 Å². The molecule has 5 heteroatoms. The highest BCUT2D eigenvalue weighted by molar-refractivity contribution is 6.31. The van der Waals surface area contributed by atoms with Gasteiger partial charge in [-0.05, 0) is 19.8 Å². The van der Waals surface area contributed by atoms with Gasteiger partial charge in [-0.15, -0.1) is 5.10 Å². The van der Waals surface area contributed by atoms with Gasteiger partial charge in [0.05, 0.1) is 11.9 Å². The van der Waals surface area contributed by atoms with Crippen molar-refractivity contribution < 1.29 is 0 Å². The van der Waals surface area contributed by atoms with E-state index < -0.39 is 0 Å². The van der Waals surface area contributed by atoms with E-state index in [1.54, 1.807) is 11.2 Å². The third kappa shape index (κ3) is 8.96. The molecule has 1 aliphatic carbocycles. The Balaban J connectivity index is 0.000000511. The highest BCUT2D eigenvalue weighted by Gasteiger charge is 2.22. The van der Waals surface area contributed by atoms with Crippen molar-refractivity contribution in [3.05, 3.63) is 23.0 Å². The Labute approximate surface area is 171 Å². The summed E-state index contributed by atoms with van der Waals surface area (Å²) in [5, 5.41) is 6.67. The highest BCUT2D eigenvalue weighted by Crippen LogP contribution is 2.29.